The highest BCUT2D eigenvalue weighted by molar-refractivity contribution is 6.03. The van der Waals surface area contributed by atoms with Crippen molar-refractivity contribution < 1.29 is 9.59 Å². The molecule has 1 aromatic carbocycles. The van der Waals surface area contributed by atoms with Gasteiger partial charge in [-0.2, -0.15) is 0 Å². The summed E-state index contributed by atoms with van der Waals surface area (Å²) in [5.41, 5.74) is 2.39. The summed E-state index contributed by atoms with van der Waals surface area (Å²) in [5, 5.41) is 2.98. The standard InChI is InChI=1S/C22H25N3O2/c26-21(19-9-5-4-8-18(19)16-10-13-23-14-11-16)24-20-12-15-25(22(20)27)17-6-2-1-3-7-17/h4-5,8-11,13-14,17,20H,1-3,6-7,12,15H2,(H,24,26). The number of carbonyl (C=O) groups excluding carboxylic acids is 2. The lowest BCUT2D eigenvalue weighted by Gasteiger charge is -2.31. The molecule has 0 spiro atoms. The first-order valence-corrected chi connectivity index (χ1v) is 9.85. The Morgan fingerprint density at radius 1 is 1.00 bits per heavy atom. The van der Waals surface area contributed by atoms with Gasteiger partial charge in [0.15, 0.2) is 0 Å². The Morgan fingerprint density at radius 2 is 1.74 bits per heavy atom. The minimum absolute atomic E-state index is 0.0802. The molecule has 1 saturated heterocycles. The van der Waals surface area contributed by atoms with E-state index in [-0.39, 0.29) is 11.8 Å². The summed E-state index contributed by atoms with van der Waals surface area (Å²) >= 11 is 0. The maximum Gasteiger partial charge on any atom is 0.252 e. The number of benzene rings is 1. The molecule has 2 aromatic rings. The fourth-order valence-electron chi connectivity index (χ4n) is 4.29. The van der Waals surface area contributed by atoms with Gasteiger partial charge in [-0.15, -0.1) is 0 Å². The van der Waals surface area contributed by atoms with E-state index in [0.29, 0.717) is 18.0 Å². The Kier molecular flexibility index (Phi) is 5.19. The zero-order valence-electron chi connectivity index (χ0n) is 15.4. The van der Waals surface area contributed by atoms with Gasteiger partial charge in [-0.05, 0) is 48.6 Å². The number of nitrogens with one attached hydrogen (secondary N) is 1. The lowest BCUT2D eigenvalue weighted by molar-refractivity contribution is -0.131. The third kappa shape index (κ3) is 3.72. The highest BCUT2D eigenvalue weighted by Crippen LogP contribution is 2.27. The van der Waals surface area contributed by atoms with Crippen molar-refractivity contribution >= 4 is 11.8 Å². The third-order valence-electron chi connectivity index (χ3n) is 5.72. The molecular formula is C22H25N3O2. The Balaban J connectivity index is 1.48. The number of likely N-dealkylation sites (tertiary alicyclic amines) is 1. The van der Waals surface area contributed by atoms with Crippen LogP contribution in [0.3, 0.4) is 0 Å². The summed E-state index contributed by atoms with van der Waals surface area (Å²) in [4.78, 5) is 31.8. The minimum atomic E-state index is -0.412. The Bertz CT molecular complexity index is 815. The molecule has 27 heavy (non-hydrogen) atoms. The van der Waals surface area contributed by atoms with Crippen molar-refractivity contribution in [1.29, 1.82) is 0 Å². The molecule has 0 radical (unpaired) electrons. The van der Waals surface area contributed by atoms with Crippen molar-refractivity contribution in [3.05, 3.63) is 54.4 Å². The van der Waals surface area contributed by atoms with Crippen LogP contribution >= 0.6 is 0 Å². The van der Waals surface area contributed by atoms with E-state index in [1.165, 1.54) is 19.3 Å². The number of nitrogens with zero attached hydrogens (tertiary/aromatic N) is 2. The van der Waals surface area contributed by atoms with Crippen LogP contribution in [0.25, 0.3) is 11.1 Å². The zero-order valence-corrected chi connectivity index (χ0v) is 15.4. The average molecular weight is 363 g/mol. The SMILES string of the molecule is O=C(NC1CCN(C2CCCCC2)C1=O)c1ccccc1-c1ccncc1. The molecule has 4 rings (SSSR count). The molecule has 1 unspecified atom stereocenters. The third-order valence-corrected chi connectivity index (χ3v) is 5.72. The second-order valence-electron chi connectivity index (χ2n) is 7.42. The highest BCUT2D eigenvalue weighted by Gasteiger charge is 2.37. The minimum Gasteiger partial charge on any atom is -0.340 e. The summed E-state index contributed by atoms with van der Waals surface area (Å²) in [7, 11) is 0. The number of pyridine rings is 1. The summed E-state index contributed by atoms with van der Waals surface area (Å²) < 4.78 is 0. The van der Waals surface area contributed by atoms with E-state index < -0.39 is 6.04 Å². The predicted molar refractivity (Wildman–Crippen MR) is 104 cm³/mol. The van der Waals surface area contributed by atoms with Crippen LogP contribution < -0.4 is 5.32 Å². The summed E-state index contributed by atoms with van der Waals surface area (Å²) in [5.74, 6) is -0.108. The molecule has 1 N–H and O–H groups in total. The number of rotatable bonds is 4. The molecule has 1 atom stereocenters. The monoisotopic (exact) mass is 363 g/mol. The van der Waals surface area contributed by atoms with Gasteiger partial charge in [-0.25, -0.2) is 0 Å². The molecule has 1 aliphatic carbocycles. The molecule has 1 saturated carbocycles. The molecule has 1 aromatic heterocycles. The quantitative estimate of drug-likeness (QED) is 0.905. The molecule has 2 heterocycles. The Hall–Kier alpha value is -2.69. The number of aromatic nitrogens is 1. The maximum atomic E-state index is 12.9. The first-order valence-electron chi connectivity index (χ1n) is 9.85. The average Bonchev–Trinajstić information content (AvgIpc) is 3.09. The largest absolute Gasteiger partial charge is 0.340 e. The smallest absolute Gasteiger partial charge is 0.252 e. The predicted octanol–water partition coefficient (Wildman–Crippen LogP) is 3.41. The van der Waals surface area contributed by atoms with Gasteiger partial charge in [0.25, 0.3) is 5.91 Å². The highest BCUT2D eigenvalue weighted by atomic mass is 16.2. The van der Waals surface area contributed by atoms with Crippen LogP contribution in [0.15, 0.2) is 48.8 Å². The topological polar surface area (TPSA) is 62.3 Å². The van der Waals surface area contributed by atoms with Gasteiger partial charge in [0.1, 0.15) is 6.04 Å². The van der Waals surface area contributed by atoms with Crippen molar-refractivity contribution in [2.75, 3.05) is 6.54 Å². The van der Waals surface area contributed by atoms with Crippen molar-refractivity contribution in [3.63, 3.8) is 0 Å². The number of amides is 2. The fourth-order valence-corrected chi connectivity index (χ4v) is 4.29. The van der Waals surface area contributed by atoms with E-state index in [2.05, 4.69) is 10.3 Å². The van der Waals surface area contributed by atoms with Gasteiger partial charge in [0.2, 0.25) is 5.91 Å². The number of hydrogen-bond donors (Lipinski definition) is 1. The van der Waals surface area contributed by atoms with Crippen molar-refractivity contribution in [2.45, 2.75) is 50.6 Å². The van der Waals surface area contributed by atoms with Crippen molar-refractivity contribution in [2.24, 2.45) is 0 Å². The second-order valence-corrected chi connectivity index (χ2v) is 7.42. The summed E-state index contributed by atoms with van der Waals surface area (Å²) in [6.45, 7) is 0.750. The van der Waals surface area contributed by atoms with Gasteiger partial charge in [-0.3, -0.25) is 14.6 Å². The molecule has 140 valence electrons. The van der Waals surface area contributed by atoms with Gasteiger partial charge in [0, 0.05) is 30.5 Å². The van der Waals surface area contributed by atoms with E-state index in [1.807, 2.05) is 41.3 Å². The van der Waals surface area contributed by atoms with Gasteiger partial charge < -0.3 is 10.2 Å². The first kappa shape index (κ1) is 17.7. The van der Waals surface area contributed by atoms with Crippen LogP contribution in [0.5, 0.6) is 0 Å². The normalized spacial score (nSPS) is 20.7. The van der Waals surface area contributed by atoms with Gasteiger partial charge in [0.05, 0.1) is 0 Å². The molecule has 5 heteroatoms. The first-order chi connectivity index (χ1) is 13.2. The van der Waals surface area contributed by atoms with Crippen molar-refractivity contribution in [3.8, 4) is 11.1 Å². The van der Waals surface area contributed by atoms with E-state index in [1.54, 1.807) is 12.4 Å². The summed E-state index contributed by atoms with van der Waals surface area (Å²) in [6.07, 6.45) is 9.98. The molecule has 2 aliphatic rings. The lowest BCUT2D eigenvalue weighted by atomic mass is 9.94. The van der Waals surface area contributed by atoms with Crippen LogP contribution in [0.2, 0.25) is 0 Å². The van der Waals surface area contributed by atoms with Gasteiger partial charge in [-0.1, -0.05) is 37.5 Å². The Morgan fingerprint density at radius 3 is 2.52 bits per heavy atom. The van der Waals surface area contributed by atoms with Crippen LogP contribution in [0.1, 0.15) is 48.9 Å². The van der Waals surface area contributed by atoms with Crippen LogP contribution in [0.4, 0.5) is 0 Å². The van der Waals surface area contributed by atoms with Crippen LogP contribution in [-0.2, 0) is 4.79 Å². The van der Waals surface area contributed by atoms with Gasteiger partial charge >= 0.3 is 0 Å². The zero-order chi connectivity index (χ0) is 18.6. The summed E-state index contributed by atoms with van der Waals surface area (Å²) in [6, 6.07) is 11.2. The van der Waals surface area contributed by atoms with Crippen LogP contribution in [-0.4, -0.2) is 40.3 Å². The molecule has 5 nitrogen and oxygen atoms in total. The Labute approximate surface area is 159 Å². The molecule has 1 aliphatic heterocycles. The number of carbonyl (C=O) groups is 2. The van der Waals surface area contributed by atoms with Crippen LogP contribution in [0, 0.1) is 0 Å². The van der Waals surface area contributed by atoms with E-state index >= 15 is 0 Å². The molecule has 2 fully saturated rings. The molecule has 0 bridgehead atoms. The maximum absolute atomic E-state index is 12.9. The van der Waals surface area contributed by atoms with E-state index in [9.17, 15) is 9.59 Å². The molecule has 2 amide bonds. The second kappa shape index (κ2) is 7.91. The lowest BCUT2D eigenvalue weighted by Crippen LogP contribution is -2.45. The fraction of sp³-hybridized carbons (Fsp3) is 0.409. The van der Waals surface area contributed by atoms with E-state index in [4.69, 9.17) is 0 Å². The van der Waals surface area contributed by atoms with E-state index in [0.717, 1.165) is 30.5 Å². The number of hydrogen-bond acceptors (Lipinski definition) is 3. The van der Waals surface area contributed by atoms with Crippen molar-refractivity contribution in [1.82, 2.24) is 15.2 Å². The molecular weight excluding hydrogens is 338 g/mol.